The Bertz CT molecular complexity index is 765. The first kappa shape index (κ1) is 20.8. The second-order valence-electron chi connectivity index (χ2n) is 6.86. The van der Waals surface area contributed by atoms with Gasteiger partial charge in [0.15, 0.2) is 0 Å². The number of aliphatic carboxylic acids is 1. The maximum atomic E-state index is 12.8. The Kier molecular flexibility index (Phi) is 6.88. The maximum Gasteiger partial charge on any atom is 0.416 e. The van der Waals surface area contributed by atoms with E-state index in [1.54, 1.807) is 18.2 Å². The van der Waals surface area contributed by atoms with Gasteiger partial charge in [0.1, 0.15) is 5.75 Å². The van der Waals surface area contributed by atoms with Gasteiger partial charge in [0.25, 0.3) is 0 Å². The van der Waals surface area contributed by atoms with Gasteiger partial charge in [-0.2, -0.15) is 13.2 Å². The quantitative estimate of drug-likeness (QED) is 0.588. The summed E-state index contributed by atoms with van der Waals surface area (Å²) in [6.07, 6.45) is -2.70. The van der Waals surface area contributed by atoms with Gasteiger partial charge in [0.2, 0.25) is 0 Å². The number of benzene rings is 2. The largest absolute Gasteiger partial charge is 0.493 e. The first-order valence-corrected chi connectivity index (χ1v) is 8.82. The highest BCUT2D eigenvalue weighted by atomic mass is 19.4. The average Bonchev–Trinajstić information content (AvgIpc) is 2.58. The van der Waals surface area contributed by atoms with E-state index in [4.69, 9.17) is 9.84 Å². The maximum absolute atomic E-state index is 12.8. The summed E-state index contributed by atoms with van der Waals surface area (Å²) in [5.74, 6) is 0.118. The zero-order valence-electron chi connectivity index (χ0n) is 15.3. The summed E-state index contributed by atoms with van der Waals surface area (Å²) in [4.78, 5) is 11.0. The monoisotopic (exact) mass is 380 g/mol. The first-order chi connectivity index (χ1) is 12.7. The van der Waals surface area contributed by atoms with Crippen molar-refractivity contribution in [3.63, 3.8) is 0 Å². The Morgan fingerprint density at radius 3 is 2.33 bits per heavy atom. The van der Waals surface area contributed by atoms with Crippen LogP contribution < -0.4 is 4.74 Å². The van der Waals surface area contributed by atoms with E-state index in [0.717, 1.165) is 25.0 Å². The molecular formula is C21H23F3O3. The summed E-state index contributed by atoms with van der Waals surface area (Å²) in [5, 5.41) is 8.99. The molecule has 0 atom stereocenters. The zero-order chi connectivity index (χ0) is 20.0. The Balaban J connectivity index is 2.30. The molecule has 0 spiro atoms. The van der Waals surface area contributed by atoms with Crippen LogP contribution in [0.5, 0.6) is 5.75 Å². The van der Waals surface area contributed by atoms with Crippen LogP contribution in [-0.4, -0.2) is 17.7 Å². The third-order valence-corrected chi connectivity index (χ3v) is 4.11. The predicted molar refractivity (Wildman–Crippen MR) is 97.8 cm³/mol. The predicted octanol–water partition coefficient (Wildman–Crippen LogP) is 5.81. The smallest absolute Gasteiger partial charge is 0.416 e. The van der Waals surface area contributed by atoms with E-state index >= 15 is 0 Å². The lowest BCUT2D eigenvalue weighted by Crippen LogP contribution is -2.05. The molecule has 0 radical (unpaired) electrons. The number of carbonyl (C=O) groups is 1. The minimum absolute atomic E-state index is 0.165. The second-order valence-corrected chi connectivity index (χ2v) is 6.86. The van der Waals surface area contributed by atoms with Gasteiger partial charge in [-0.15, -0.1) is 0 Å². The van der Waals surface area contributed by atoms with Crippen LogP contribution in [0.4, 0.5) is 13.2 Å². The molecule has 0 aromatic heterocycles. The molecule has 0 saturated heterocycles. The van der Waals surface area contributed by atoms with Gasteiger partial charge in [0, 0.05) is 5.56 Å². The Morgan fingerprint density at radius 2 is 1.78 bits per heavy atom. The molecule has 2 rings (SSSR count). The van der Waals surface area contributed by atoms with Crippen molar-refractivity contribution in [2.75, 3.05) is 6.61 Å². The molecule has 0 amide bonds. The van der Waals surface area contributed by atoms with Gasteiger partial charge >= 0.3 is 12.1 Å². The molecule has 3 nitrogen and oxygen atoms in total. The highest BCUT2D eigenvalue weighted by molar-refractivity contribution is 5.75. The topological polar surface area (TPSA) is 46.5 Å². The van der Waals surface area contributed by atoms with E-state index in [1.165, 1.54) is 12.1 Å². The molecule has 27 heavy (non-hydrogen) atoms. The lowest BCUT2D eigenvalue weighted by molar-refractivity contribution is -0.138. The summed E-state index contributed by atoms with van der Waals surface area (Å²) in [5.41, 5.74) is 0.973. The van der Waals surface area contributed by atoms with Crippen molar-refractivity contribution in [1.82, 2.24) is 0 Å². The van der Waals surface area contributed by atoms with Gasteiger partial charge in [0.05, 0.1) is 18.6 Å². The van der Waals surface area contributed by atoms with Crippen molar-refractivity contribution >= 4 is 5.97 Å². The van der Waals surface area contributed by atoms with Crippen LogP contribution in [0, 0.1) is 5.92 Å². The normalized spacial score (nSPS) is 11.6. The van der Waals surface area contributed by atoms with Crippen molar-refractivity contribution < 1.29 is 27.8 Å². The zero-order valence-corrected chi connectivity index (χ0v) is 15.3. The third kappa shape index (κ3) is 6.31. The first-order valence-electron chi connectivity index (χ1n) is 8.82. The summed E-state index contributed by atoms with van der Waals surface area (Å²) in [7, 11) is 0. The van der Waals surface area contributed by atoms with Crippen molar-refractivity contribution in [3.8, 4) is 16.9 Å². The molecule has 2 aromatic rings. The fourth-order valence-corrected chi connectivity index (χ4v) is 2.73. The molecule has 1 N–H and O–H groups in total. The lowest BCUT2D eigenvalue weighted by Gasteiger charge is -2.15. The van der Waals surface area contributed by atoms with Crippen LogP contribution >= 0.6 is 0 Å². The third-order valence-electron chi connectivity index (χ3n) is 4.11. The summed E-state index contributed by atoms with van der Waals surface area (Å²) < 4.78 is 44.2. The van der Waals surface area contributed by atoms with Crippen LogP contribution in [0.2, 0.25) is 0 Å². The number of halogens is 3. The second kappa shape index (κ2) is 8.93. The Hall–Kier alpha value is -2.50. The highest BCUT2D eigenvalue weighted by Gasteiger charge is 2.30. The summed E-state index contributed by atoms with van der Waals surface area (Å²) >= 11 is 0. The van der Waals surface area contributed by atoms with Crippen LogP contribution in [0.25, 0.3) is 11.1 Å². The van der Waals surface area contributed by atoms with Crippen molar-refractivity contribution in [1.29, 1.82) is 0 Å². The highest BCUT2D eigenvalue weighted by Crippen LogP contribution is 2.35. The lowest BCUT2D eigenvalue weighted by atomic mass is 9.99. The fraction of sp³-hybridized carbons (Fsp3) is 0.381. The van der Waals surface area contributed by atoms with Crippen molar-refractivity contribution in [2.24, 2.45) is 5.92 Å². The van der Waals surface area contributed by atoms with Crippen LogP contribution in [0.3, 0.4) is 0 Å². The van der Waals surface area contributed by atoms with E-state index in [1.807, 2.05) is 0 Å². The molecule has 0 bridgehead atoms. The number of hydrogen-bond acceptors (Lipinski definition) is 2. The molecule has 0 fully saturated rings. The van der Waals surface area contributed by atoms with Gasteiger partial charge in [-0.05, 0) is 54.2 Å². The minimum Gasteiger partial charge on any atom is -0.493 e. The van der Waals surface area contributed by atoms with Crippen LogP contribution in [-0.2, 0) is 17.4 Å². The van der Waals surface area contributed by atoms with Gasteiger partial charge in [-0.3, -0.25) is 4.79 Å². The van der Waals surface area contributed by atoms with Crippen LogP contribution in [0.1, 0.15) is 37.8 Å². The average molecular weight is 380 g/mol. The minimum atomic E-state index is -4.40. The fourth-order valence-electron chi connectivity index (χ4n) is 2.73. The number of carboxylic acid groups (broad SMARTS) is 1. The van der Waals surface area contributed by atoms with Crippen LogP contribution in [0.15, 0.2) is 42.5 Å². The van der Waals surface area contributed by atoms with Gasteiger partial charge < -0.3 is 9.84 Å². The van der Waals surface area contributed by atoms with E-state index in [0.29, 0.717) is 35.0 Å². The molecule has 0 aliphatic rings. The van der Waals surface area contributed by atoms with Gasteiger partial charge in [-0.1, -0.05) is 32.0 Å². The summed E-state index contributed by atoms with van der Waals surface area (Å²) in [6.45, 7) is 4.73. The molecule has 146 valence electrons. The molecule has 6 heteroatoms. The molecule has 0 saturated carbocycles. The standard InChI is InChI=1S/C21H23F3O3/c1-14(2)4-3-11-27-19-10-5-15(13-20(25)26)12-18(19)16-6-8-17(9-7-16)21(22,23)24/h5-10,12,14H,3-4,11,13H2,1-2H3,(H,25,26). The molecular weight excluding hydrogens is 357 g/mol. The number of ether oxygens (including phenoxy) is 1. The SMILES string of the molecule is CC(C)CCCOc1ccc(CC(=O)O)cc1-c1ccc(C(F)(F)F)cc1. The molecule has 0 aliphatic carbocycles. The van der Waals surface area contributed by atoms with Crippen molar-refractivity contribution in [3.05, 3.63) is 53.6 Å². The number of rotatable bonds is 8. The Morgan fingerprint density at radius 1 is 1.11 bits per heavy atom. The van der Waals surface area contributed by atoms with E-state index < -0.39 is 17.7 Å². The van der Waals surface area contributed by atoms with E-state index in [9.17, 15) is 18.0 Å². The number of hydrogen-bond donors (Lipinski definition) is 1. The molecule has 2 aromatic carbocycles. The molecule has 0 unspecified atom stereocenters. The molecule has 0 aliphatic heterocycles. The number of alkyl halides is 3. The van der Waals surface area contributed by atoms with Crippen molar-refractivity contribution in [2.45, 2.75) is 39.3 Å². The van der Waals surface area contributed by atoms with Gasteiger partial charge in [-0.25, -0.2) is 0 Å². The molecule has 0 heterocycles. The number of carboxylic acids is 1. The summed E-state index contributed by atoms with van der Waals surface area (Å²) in [6, 6.07) is 9.80. The van der Waals surface area contributed by atoms with E-state index in [-0.39, 0.29) is 6.42 Å². The van der Waals surface area contributed by atoms with E-state index in [2.05, 4.69) is 13.8 Å². The Labute approximate surface area is 156 Å².